The average Bonchev–Trinajstić information content (AvgIpc) is 3.58. The van der Waals surface area contributed by atoms with Gasteiger partial charge >= 0.3 is 37.9 Å². The molecule has 0 amide bonds. The van der Waals surface area contributed by atoms with Gasteiger partial charge in [0, 0.05) is 9.52 Å². The molecule has 0 aromatic heterocycles. The van der Waals surface area contributed by atoms with Gasteiger partial charge in [-0.3, -0.25) is 0 Å². The molecule has 0 aliphatic rings. The molecule has 2 radical (unpaired) electrons. The van der Waals surface area contributed by atoms with Crippen LogP contribution in [0.1, 0.15) is 95.7 Å². The van der Waals surface area contributed by atoms with Crippen LogP contribution < -0.4 is 0 Å². The van der Waals surface area contributed by atoms with Gasteiger partial charge in [-0.15, -0.1) is 69.1 Å². The fourth-order valence-electron chi connectivity index (χ4n) is 6.32. The van der Waals surface area contributed by atoms with Crippen LogP contribution in [0, 0.1) is 20.8 Å². The molecule has 4 heteroatoms. The van der Waals surface area contributed by atoms with Crippen LogP contribution in [0.15, 0.2) is 97.1 Å². The predicted molar refractivity (Wildman–Crippen MR) is 229 cm³/mol. The van der Waals surface area contributed by atoms with Crippen LogP contribution in [0.25, 0.3) is 43.8 Å². The monoisotopic (exact) mass is 810 g/mol. The maximum atomic E-state index is 4.93. The average molecular weight is 813 g/mol. The third kappa shape index (κ3) is 11.4. The second kappa shape index (κ2) is 18.2. The number of fused-ring (bicyclic) bond motifs is 2. The Balaban J connectivity index is 0.000000240. The molecule has 0 bridgehead atoms. The molecular weight excluding hydrogens is 755 g/mol. The number of benzene rings is 4. The molecule has 6 aromatic rings. The van der Waals surface area contributed by atoms with Crippen LogP contribution in [-0.2, 0) is 37.1 Å². The number of hydrogen-bond acceptors (Lipinski definition) is 0. The molecule has 0 spiro atoms. The van der Waals surface area contributed by atoms with Gasteiger partial charge in [-0.2, -0.15) is 11.6 Å². The van der Waals surface area contributed by atoms with Crippen molar-refractivity contribution in [2.45, 2.75) is 112 Å². The van der Waals surface area contributed by atoms with E-state index in [0.717, 1.165) is 9.52 Å². The van der Waals surface area contributed by atoms with Crippen molar-refractivity contribution in [1.29, 1.82) is 0 Å². The zero-order valence-corrected chi connectivity index (χ0v) is 38.5. The standard InChI is InChI=1S/C24H29.C21H23.C2H6Si.2ClH.Zr/c1-16-11-17-9-8-10-21(22(17)12-16)18-13-19(23(2,3)4)15-20(14-18)24(5,6)7;1-14-13-17-7-6-8-19(20(17)15(14)2)16-9-11-18(12-10-16)21(3,4)5;1-3-2;;;/h8-15H,1-7H3;6-13H,1-5H3;1-2H3;2*1H;/q2*-1;;;;+4/p-2. The van der Waals surface area contributed by atoms with E-state index < -0.39 is 20.8 Å². The Morgan fingerprint density at radius 1 is 0.549 bits per heavy atom. The first-order valence-electron chi connectivity index (χ1n) is 17.9. The Kier molecular flexibility index (Phi) is 15.4. The van der Waals surface area contributed by atoms with E-state index in [9.17, 15) is 0 Å². The van der Waals surface area contributed by atoms with Crippen LogP contribution in [0.4, 0.5) is 0 Å². The summed E-state index contributed by atoms with van der Waals surface area (Å²) in [5.41, 5.74) is 14.1. The van der Waals surface area contributed by atoms with Crippen molar-refractivity contribution < 1.29 is 20.8 Å². The normalized spacial score (nSPS) is 11.5. The summed E-state index contributed by atoms with van der Waals surface area (Å²) in [6, 6.07) is 36.3. The van der Waals surface area contributed by atoms with Gasteiger partial charge in [-0.05, 0) is 44.1 Å². The number of halogens is 2. The third-order valence-electron chi connectivity index (χ3n) is 9.37. The van der Waals surface area contributed by atoms with Crippen molar-refractivity contribution in [1.82, 2.24) is 0 Å². The molecule has 0 aliphatic heterocycles. The molecular formula is C47H58Cl2SiZr. The Labute approximate surface area is 331 Å². The molecule has 0 nitrogen and oxygen atoms in total. The molecule has 0 fully saturated rings. The Bertz CT molecular complexity index is 1970. The molecule has 0 heterocycles. The van der Waals surface area contributed by atoms with E-state index in [0.29, 0.717) is 0 Å². The van der Waals surface area contributed by atoms with Gasteiger partial charge in [0.1, 0.15) is 0 Å². The Morgan fingerprint density at radius 3 is 1.51 bits per heavy atom. The SMILES string of the molecule is C[Si]C.Cc1[cH-]c2cccc(-c3ccc(C(C)(C)C)cc3)c2c1C.Cc1cc2c(-c3cc(C(C)(C)C)cc(C(C)(C)C)c3)cccc2[cH-]1.[Cl][Zr+2][Cl]. The first kappa shape index (κ1) is 43.2. The van der Waals surface area contributed by atoms with Gasteiger partial charge in [-0.1, -0.05) is 162 Å². The minimum atomic E-state index is -0.826. The van der Waals surface area contributed by atoms with E-state index in [2.05, 4.69) is 193 Å². The van der Waals surface area contributed by atoms with Crippen molar-refractivity contribution in [3.63, 3.8) is 0 Å². The van der Waals surface area contributed by atoms with Gasteiger partial charge < -0.3 is 0 Å². The van der Waals surface area contributed by atoms with Crippen LogP contribution >= 0.6 is 17.0 Å². The van der Waals surface area contributed by atoms with Gasteiger partial charge in [0.25, 0.3) is 0 Å². The number of hydrogen-bond donors (Lipinski definition) is 0. The predicted octanol–water partition coefficient (Wildman–Crippen LogP) is 15.4. The summed E-state index contributed by atoms with van der Waals surface area (Å²) in [5.74, 6) is 0. The van der Waals surface area contributed by atoms with E-state index in [1.54, 1.807) is 0 Å². The molecule has 0 aliphatic carbocycles. The minimum absolute atomic E-state index is 0.145. The van der Waals surface area contributed by atoms with Crippen molar-refractivity contribution in [2.75, 3.05) is 0 Å². The van der Waals surface area contributed by atoms with Crippen LogP contribution in [0.2, 0.25) is 13.1 Å². The van der Waals surface area contributed by atoms with Gasteiger partial charge in [0.15, 0.2) is 0 Å². The van der Waals surface area contributed by atoms with Crippen molar-refractivity contribution in [3.05, 3.63) is 130 Å². The zero-order chi connectivity index (χ0) is 38.3. The summed E-state index contributed by atoms with van der Waals surface area (Å²) in [7, 11) is 11.0. The van der Waals surface area contributed by atoms with Gasteiger partial charge in [-0.25, -0.2) is 0 Å². The molecule has 51 heavy (non-hydrogen) atoms. The summed E-state index contributed by atoms with van der Waals surface area (Å²) >= 11 is -0.826. The van der Waals surface area contributed by atoms with Gasteiger partial charge in [0.05, 0.1) is 0 Å². The van der Waals surface area contributed by atoms with Crippen molar-refractivity contribution in [2.24, 2.45) is 0 Å². The summed E-state index contributed by atoms with van der Waals surface area (Å²) in [6.07, 6.45) is 0. The van der Waals surface area contributed by atoms with Crippen LogP contribution in [-0.4, -0.2) is 9.52 Å². The number of rotatable bonds is 2. The summed E-state index contributed by atoms with van der Waals surface area (Å²) in [4.78, 5) is 0. The molecule has 0 atom stereocenters. The second-order valence-corrected chi connectivity index (χ2v) is 21.5. The first-order valence-corrected chi connectivity index (χ1v) is 26.2. The van der Waals surface area contributed by atoms with Crippen molar-refractivity contribution in [3.8, 4) is 22.3 Å². The fraction of sp³-hybridized carbons (Fsp3) is 0.362. The molecule has 268 valence electrons. The van der Waals surface area contributed by atoms with E-state index in [1.165, 1.54) is 77.2 Å². The molecule has 6 rings (SSSR count). The van der Waals surface area contributed by atoms with E-state index in [4.69, 9.17) is 17.0 Å². The van der Waals surface area contributed by atoms with E-state index >= 15 is 0 Å². The Hall–Kier alpha value is -2.22. The topological polar surface area (TPSA) is 0 Å². The molecule has 0 saturated carbocycles. The third-order valence-corrected chi connectivity index (χ3v) is 9.37. The van der Waals surface area contributed by atoms with Gasteiger partial charge in [0.2, 0.25) is 0 Å². The van der Waals surface area contributed by atoms with Crippen LogP contribution in [0.5, 0.6) is 0 Å². The maximum absolute atomic E-state index is 4.93. The van der Waals surface area contributed by atoms with E-state index in [1.807, 2.05) is 0 Å². The fourth-order valence-corrected chi connectivity index (χ4v) is 6.32. The summed E-state index contributed by atoms with van der Waals surface area (Å²) < 4.78 is 0. The van der Waals surface area contributed by atoms with Crippen molar-refractivity contribution >= 4 is 48.1 Å². The quantitative estimate of drug-likeness (QED) is 0.121. The Morgan fingerprint density at radius 2 is 1.02 bits per heavy atom. The summed E-state index contributed by atoms with van der Waals surface area (Å²) in [5, 5.41) is 5.45. The second-order valence-electron chi connectivity index (χ2n) is 16.8. The first-order chi connectivity index (χ1) is 23.8. The van der Waals surface area contributed by atoms with Crippen LogP contribution in [0.3, 0.4) is 0 Å². The molecule has 0 saturated heterocycles. The van der Waals surface area contributed by atoms with E-state index in [-0.39, 0.29) is 16.2 Å². The number of aryl methyl sites for hydroxylation is 3. The molecule has 0 N–H and O–H groups in total. The molecule has 6 aromatic carbocycles. The molecule has 0 unspecified atom stereocenters. The zero-order valence-electron chi connectivity index (χ0n) is 33.5. The summed E-state index contributed by atoms with van der Waals surface area (Å²) in [6.45, 7) is 31.5.